The minimum Gasteiger partial charge on any atom is -0.480 e. The van der Waals surface area contributed by atoms with E-state index in [1.54, 1.807) is 0 Å². The van der Waals surface area contributed by atoms with Crippen LogP contribution in [-0.2, 0) is 4.79 Å². The molecule has 16 heavy (non-hydrogen) atoms. The Balaban J connectivity index is 2.86. The Morgan fingerprint density at radius 2 is 2.19 bits per heavy atom. The largest absolute Gasteiger partial charge is 0.480 e. The van der Waals surface area contributed by atoms with Gasteiger partial charge < -0.3 is 10.1 Å². The molecule has 0 aromatic carbocycles. The van der Waals surface area contributed by atoms with Gasteiger partial charge in [-0.2, -0.15) is 0 Å². The Bertz CT molecular complexity index is 337. The lowest BCUT2D eigenvalue weighted by Gasteiger charge is -2.37. The number of hydrogen-bond donors (Lipinski definition) is 2. The van der Waals surface area contributed by atoms with Gasteiger partial charge in [0.05, 0.1) is 6.54 Å². The van der Waals surface area contributed by atoms with E-state index in [0.29, 0.717) is 6.54 Å². The SMILES string of the molecule is CC1=C(C(C)(C)C)N(NCC(=O)O)CC=C1. The maximum atomic E-state index is 10.6. The molecule has 2 N–H and O–H groups in total. The van der Waals surface area contributed by atoms with E-state index in [0.717, 1.165) is 5.70 Å². The molecule has 1 aliphatic rings. The van der Waals surface area contributed by atoms with Crippen molar-refractivity contribution >= 4 is 5.97 Å². The van der Waals surface area contributed by atoms with Gasteiger partial charge in [0.15, 0.2) is 0 Å². The van der Waals surface area contributed by atoms with Crippen molar-refractivity contribution in [3.63, 3.8) is 0 Å². The monoisotopic (exact) mass is 224 g/mol. The number of nitrogens with zero attached hydrogens (tertiary/aromatic N) is 1. The molecule has 0 aromatic heterocycles. The Morgan fingerprint density at radius 1 is 1.56 bits per heavy atom. The molecule has 1 aliphatic heterocycles. The van der Waals surface area contributed by atoms with Gasteiger partial charge in [0.1, 0.15) is 6.54 Å². The number of carboxylic acid groups (broad SMARTS) is 1. The van der Waals surface area contributed by atoms with Gasteiger partial charge >= 0.3 is 5.97 Å². The average molecular weight is 224 g/mol. The highest BCUT2D eigenvalue weighted by molar-refractivity contribution is 5.68. The molecule has 0 saturated carbocycles. The lowest BCUT2D eigenvalue weighted by atomic mass is 9.87. The Labute approximate surface area is 96.6 Å². The fourth-order valence-corrected chi connectivity index (χ4v) is 2.02. The lowest BCUT2D eigenvalue weighted by Crippen LogP contribution is -2.45. The topological polar surface area (TPSA) is 52.6 Å². The third-order valence-electron chi connectivity index (χ3n) is 2.43. The van der Waals surface area contributed by atoms with Crippen molar-refractivity contribution in [2.24, 2.45) is 5.41 Å². The highest BCUT2D eigenvalue weighted by Gasteiger charge is 2.26. The van der Waals surface area contributed by atoms with E-state index in [-0.39, 0.29) is 12.0 Å². The predicted molar refractivity (Wildman–Crippen MR) is 63.6 cm³/mol. The van der Waals surface area contributed by atoms with E-state index in [1.165, 1.54) is 5.57 Å². The summed E-state index contributed by atoms with van der Waals surface area (Å²) in [5.74, 6) is -0.847. The molecule has 4 nitrogen and oxygen atoms in total. The molecule has 0 aromatic rings. The summed E-state index contributed by atoms with van der Waals surface area (Å²) >= 11 is 0. The minimum atomic E-state index is -0.847. The molecule has 4 heteroatoms. The predicted octanol–water partition coefficient (Wildman–Crippen LogP) is 1.77. The third kappa shape index (κ3) is 3.10. The summed E-state index contributed by atoms with van der Waals surface area (Å²) in [6.45, 7) is 9.07. The van der Waals surface area contributed by atoms with Crippen LogP contribution in [0.1, 0.15) is 27.7 Å². The summed E-state index contributed by atoms with van der Waals surface area (Å²) in [5.41, 5.74) is 5.26. The van der Waals surface area contributed by atoms with Crippen LogP contribution in [0.2, 0.25) is 0 Å². The molecule has 0 amide bonds. The van der Waals surface area contributed by atoms with Crippen molar-refractivity contribution in [2.75, 3.05) is 13.1 Å². The van der Waals surface area contributed by atoms with Gasteiger partial charge in [-0.3, -0.25) is 4.79 Å². The zero-order chi connectivity index (χ0) is 12.3. The summed E-state index contributed by atoms with van der Waals surface area (Å²) in [6, 6.07) is 0. The number of nitrogens with one attached hydrogen (secondary N) is 1. The number of carboxylic acids is 1. The number of hydrogen-bond acceptors (Lipinski definition) is 3. The Hall–Kier alpha value is -1.29. The van der Waals surface area contributed by atoms with E-state index in [2.05, 4.69) is 32.3 Å². The summed E-state index contributed by atoms with van der Waals surface area (Å²) in [6.07, 6.45) is 4.11. The van der Waals surface area contributed by atoms with Crippen LogP contribution < -0.4 is 5.43 Å². The Morgan fingerprint density at radius 3 is 2.69 bits per heavy atom. The maximum absolute atomic E-state index is 10.6. The third-order valence-corrected chi connectivity index (χ3v) is 2.43. The molecule has 0 aliphatic carbocycles. The standard InChI is InChI=1S/C12H20N2O2/c1-9-6-5-7-14(13-8-10(15)16)11(9)12(2,3)4/h5-6,13H,7-8H2,1-4H3,(H,15,16). The van der Waals surface area contributed by atoms with Crippen LogP contribution in [0, 0.1) is 5.41 Å². The van der Waals surface area contributed by atoms with Crippen LogP contribution >= 0.6 is 0 Å². The number of aliphatic carboxylic acids is 1. The molecule has 1 heterocycles. The van der Waals surface area contributed by atoms with Crippen molar-refractivity contribution < 1.29 is 9.90 Å². The van der Waals surface area contributed by atoms with E-state index in [4.69, 9.17) is 5.11 Å². The lowest BCUT2D eigenvalue weighted by molar-refractivity contribution is -0.136. The highest BCUT2D eigenvalue weighted by Crippen LogP contribution is 2.32. The van der Waals surface area contributed by atoms with Gasteiger partial charge in [-0.25, -0.2) is 5.43 Å². The van der Waals surface area contributed by atoms with Crippen molar-refractivity contribution in [2.45, 2.75) is 27.7 Å². The van der Waals surface area contributed by atoms with Crippen molar-refractivity contribution in [1.29, 1.82) is 0 Å². The van der Waals surface area contributed by atoms with E-state index in [1.807, 2.05) is 18.0 Å². The van der Waals surface area contributed by atoms with Crippen molar-refractivity contribution in [3.05, 3.63) is 23.4 Å². The first-order chi connectivity index (χ1) is 7.32. The van der Waals surface area contributed by atoms with Crippen LogP contribution in [0.25, 0.3) is 0 Å². The molecule has 0 unspecified atom stereocenters. The fraction of sp³-hybridized carbons (Fsp3) is 0.583. The average Bonchev–Trinajstić information content (AvgIpc) is 2.12. The second kappa shape index (κ2) is 4.70. The normalized spacial score (nSPS) is 16.9. The van der Waals surface area contributed by atoms with Gasteiger partial charge in [-0.15, -0.1) is 0 Å². The first-order valence-corrected chi connectivity index (χ1v) is 5.43. The first-order valence-electron chi connectivity index (χ1n) is 5.43. The molecule has 0 spiro atoms. The number of hydrazine groups is 1. The fourth-order valence-electron chi connectivity index (χ4n) is 2.02. The van der Waals surface area contributed by atoms with E-state index >= 15 is 0 Å². The minimum absolute atomic E-state index is 0.000344. The quantitative estimate of drug-likeness (QED) is 0.767. The van der Waals surface area contributed by atoms with Crippen molar-refractivity contribution in [3.8, 4) is 0 Å². The van der Waals surface area contributed by atoms with E-state index in [9.17, 15) is 4.79 Å². The number of carbonyl (C=O) groups is 1. The molecule has 0 bridgehead atoms. The number of allylic oxidation sites excluding steroid dienone is 3. The van der Waals surface area contributed by atoms with Gasteiger partial charge in [0.25, 0.3) is 0 Å². The highest BCUT2D eigenvalue weighted by atomic mass is 16.4. The van der Waals surface area contributed by atoms with Gasteiger partial charge in [0.2, 0.25) is 0 Å². The molecule has 0 fully saturated rings. The summed E-state index contributed by atoms with van der Waals surface area (Å²) < 4.78 is 0. The molecule has 1 rings (SSSR count). The summed E-state index contributed by atoms with van der Waals surface area (Å²) in [5, 5.41) is 10.6. The van der Waals surface area contributed by atoms with E-state index < -0.39 is 5.97 Å². The molecule has 0 radical (unpaired) electrons. The van der Waals surface area contributed by atoms with Crippen LogP contribution in [0.5, 0.6) is 0 Å². The smallest absolute Gasteiger partial charge is 0.319 e. The van der Waals surface area contributed by atoms with Crippen LogP contribution in [0.4, 0.5) is 0 Å². The van der Waals surface area contributed by atoms with Crippen molar-refractivity contribution in [1.82, 2.24) is 10.4 Å². The van der Waals surface area contributed by atoms with Gasteiger partial charge in [0, 0.05) is 11.1 Å². The van der Waals surface area contributed by atoms with Gasteiger partial charge in [-0.1, -0.05) is 32.9 Å². The van der Waals surface area contributed by atoms with Crippen LogP contribution in [-0.4, -0.2) is 29.2 Å². The maximum Gasteiger partial charge on any atom is 0.319 e. The first kappa shape index (κ1) is 12.8. The van der Waals surface area contributed by atoms with Crippen LogP contribution in [0.3, 0.4) is 0 Å². The second-order valence-corrected chi connectivity index (χ2v) is 5.02. The van der Waals surface area contributed by atoms with Gasteiger partial charge in [-0.05, 0) is 12.5 Å². The molecular formula is C12H20N2O2. The summed E-state index contributed by atoms with van der Waals surface area (Å²) in [7, 11) is 0. The second-order valence-electron chi connectivity index (χ2n) is 5.02. The Kier molecular flexibility index (Phi) is 3.75. The molecular weight excluding hydrogens is 204 g/mol. The van der Waals surface area contributed by atoms with Crippen LogP contribution in [0.15, 0.2) is 23.4 Å². The molecule has 0 saturated heterocycles. The molecule has 0 atom stereocenters. The zero-order valence-electron chi connectivity index (χ0n) is 10.4. The summed E-state index contributed by atoms with van der Waals surface area (Å²) in [4.78, 5) is 10.6. The molecule has 90 valence electrons. The zero-order valence-corrected chi connectivity index (χ0v) is 10.4. The number of rotatable bonds is 3.